The van der Waals surface area contributed by atoms with E-state index in [-0.39, 0.29) is 17.7 Å². The second-order valence-corrected chi connectivity index (χ2v) is 10.5. The summed E-state index contributed by atoms with van der Waals surface area (Å²) in [5.41, 5.74) is 3.69. The van der Waals surface area contributed by atoms with Gasteiger partial charge < -0.3 is 15.0 Å². The molecule has 1 amide bonds. The summed E-state index contributed by atoms with van der Waals surface area (Å²) >= 11 is 1.44. The zero-order valence-electron chi connectivity index (χ0n) is 21.8. The van der Waals surface area contributed by atoms with E-state index in [0.717, 1.165) is 54.6 Å². The van der Waals surface area contributed by atoms with E-state index in [9.17, 15) is 4.79 Å². The molecule has 1 aromatic heterocycles. The summed E-state index contributed by atoms with van der Waals surface area (Å²) in [5.74, 6) is 2.14. The fourth-order valence-corrected chi connectivity index (χ4v) is 5.86. The van der Waals surface area contributed by atoms with Crippen LogP contribution in [0.15, 0.2) is 84.9 Å². The van der Waals surface area contributed by atoms with Crippen molar-refractivity contribution in [2.45, 2.75) is 31.6 Å². The first-order valence-electron chi connectivity index (χ1n) is 13.3. The molecule has 0 bridgehead atoms. The van der Waals surface area contributed by atoms with Crippen LogP contribution in [0.3, 0.4) is 0 Å². The minimum absolute atomic E-state index is 0.0438. The minimum atomic E-state index is 0.0438. The molecule has 0 aliphatic carbocycles. The van der Waals surface area contributed by atoms with Gasteiger partial charge in [-0.3, -0.25) is 4.79 Å². The molecule has 3 aromatic carbocycles. The van der Waals surface area contributed by atoms with Crippen LogP contribution in [0.5, 0.6) is 5.75 Å². The van der Waals surface area contributed by atoms with Crippen LogP contribution in [-0.4, -0.2) is 42.0 Å². The van der Waals surface area contributed by atoms with Crippen molar-refractivity contribution in [2.75, 3.05) is 31.6 Å². The van der Waals surface area contributed by atoms with E-state index in [4.69, 9.17) is 9.72 Å². The maximum absolute atomic E-state index is 13.0. The van der Waals surface area contributed by atoms with Crippen molar-refractivity contribution in [3.05, 3.63) is 107 Å². The first-order chi connectivity index (χ1) is 18.7. The van der Waals surface area contributed by atoms with Gasteiger partial charge in [0, 0.05) is 49.4 Å². The molecule has 1 N–H and O–H groups in total. The highest BCUT2D eigenvalue weighted by molar-refractivity contribution is 7.09. The summed E-state index contributed by atoms with van der Waals surface area (Å²) in [6.07, 6.45) is 3.22. The Morgan fingerprint density at radius 1 is 1.00 bits per heavy atom. The SMILES string of the molecule is COc1cccc(Cc2nsc(N3CCC(C(=O)NCCC(c4ccccc4)c4ccccc4)CC3)n2)c1. The topological polar surface area (TPSA) is 67.3 Å². The van der Waals surface area contributed by atoms with E-state index in [1.807, 2.05) is 30.3 Å². The van der Waals surface area contributed by atoms with Crippen LogP contribution in [0.4, 0.5) is 5.13 Å². The predicted octanol–water partition coefficient (Wildman–Crippen LogP) is 5.69. The number of carbonyl (C=O) groups is 1. The fraction of sp³-hybridized carbons (Fsp3) is 0.323. The van der Waals surface area contributed by atoms with Crippen LogP contribution in [-0.2, 0) is 11.2 Å². The molecule has 2 heterocycles. The number of methoxy groups -OCH3 is 1. The monoisotopic (exact) mass is 526 g/mol. The van der Waals surface area contributed by atoms with Gasteiger partial charge in [0.1, 0.15) is 11.6 Å². The van der Waals surface area contributed by atoms with Crippen molar-refractivity contribution in [3.63, 3.8) is 0 Å². The molecule has 6 nitrogen and oxygen atoms in total. The number of amides is 1. The summed E-state index contributed by atoms with van der Waals surface area (Å²) in [7, 11) is 1.67. The molecular weight excluding hydrogens is 492 g/mol. The summed E-state index contributed by atoms with van der Waals surface area (Å²) in [5, 5.41) is 4.16. The molecule has 0 spiro atoms. The highest BCUT2D eigenvalue weighted by atomic mass is 32.1. The van der Waals surface area contributed by atoms with Gasteiger partial charge in [-0.2, -0.15) is 4.37 Å². The molecule has 1 saturated heterocycles. The molecule has 0 radical (unpaired) electrons. The summed E-state index contributed by atoms with van der Waals surface area (Å²) < 4.78 is 9.89. The van der Waals surface area contributed by atoms with Gasteiger partial charge in [-0.25, -0.2) is 4.98 Å². The number of benzene rings is 3. The zero-order valence-corrected chi connectivity index (χ0v) is 22.6. The molecule has 1 aliphatic rings. The normalized spacial score (nSPS) is 14.0. The Kier molecular flexibility index (Phi) is 8.66. The van der Waals surface area contributed by atoms with Crippen molar-refractivity contribution in [2.24, 2.45) is 5.92 Å². The van der Waals surface area contributed by atoms with Crippen LogP contribution in [0.1, 0.15) is 47.7 Å². The average molecular weight is 527 g/mol. The van der Waals surface area contributed by atoms with Crippen molar-refractivity contribution in [3.8, 4) is 5.75 Å². The first-order valence-corrected chi connectivity index (χ1v) is 14.0. The second kappa shape index (κ2) is 12.7. The number of hydrogen-bond donors (Lipinski definition) is 1. The second-order valence-electron chi connectivity index (χ2n) is 9.74. The molecule has 0 atom stereocenters. The Morgan fingerprint density at radius 2 is 1.68 bits per heavy atom. The van der Waals surface area contributed by atoms with E-state index in [1.54, 1.807) is 7.11 Å². The Labute approximate surface area is 228 Å². The van der Waals surface area contributed by atoms with Crippen LogP contribution >= 0.6 is 11.5 Å². The zero-order chi connectivity index (χ0) is 26.2. The molecular formula is C31H34N4O2S. The number of carbonyl (C=O) groups excluding carboxylic acids is 1. The van der Waals surface area contributed by atoms with Gasteiger partial charge in [0.25, 0.3) is 0 Å². The molecule has 196 valence electrons. The van der Waals surface area contributed by atoms with Crippen molar-refractivity contribution in [1.29, 1.82) is 0 Å². The summed E-state index contributed by atoms with van der Waals surface area (Å²) in [4.78, 5) is 20.0. The maximum Gasteiger partial charge on any atom is 0.223 e. The van der Waals surface area contributed by atoms with Crippen LogP contribution in [0.25, 0.3) is 0 Å². The Hall–Kier alpha value is -3.71. The molecule has 4 aromatic rings. The third kappa shape index (κ3) is 6.58. The van der Waals surface area contributed by atoms with Crippen LogP contribution in [0.2, 0.25) is 0 Å². The number of rotatable bonds is 10. The van der Waals surface area contributed by atoms with Crippen molar-refractivity contribution in [1.82, 2.24) is 14.7 Å². The van der Waals surface area contributed by atoms with Gasteiger partial charge in [0.2, 0.25) is 11.0 Å². The number of nitrogens with one attached hydrogen (secondary N) is 1. The predicted molar refractivity (Wildman–Crippen MR) is 153 cm³/mol. The van der Waals surface area contributed by atoms with Gasteiger partial charge in [0.05, 0.1) is 7.11 Å². The van der Waals surface area contributed by atoms with Gasteiger partial charge in [-0.05, 0) is 48.1 Å². The third-order valence-electron chi connectivity index (χ3n) is 7.23. The average Bonchev–Trinajstić information content (AvgIpc) is 3.44. The standard InChI is InChI=1S/C31H34N4O2S/c1-37-27-14-8-9-23(21-27)22-29-33-31(38-34-29)35-19-16-26(17-20-35)30(36)32-18-15-28(24-10-4-2-5-11-24)25-12-6-3-7-13-25/h2-14,21,26,28H,15-20,22H2,1H3,(H,32,36). The number of anilines is 1. The van der Waals surface area contributed by atoms with Crippen molar-refractivity contribution < 1.29 is 9.53 Å². The number of piperidine rings is 1. The molecule has 38 heavy (non-hydrogen) atoms. The van der Waals surface area contributed by atoms with Gasteiger partial charge in [-0.1, -0.05) is 72.8 Å². The third-order valence-corrected chi connectivity index (χ3v) is 8.04. The Bertz CT molecular complexity index is 1260. The van der Waals surface area contributed by atoms with E-state index in [0.29, 0.717) is 13.0 Å². The minimum Gasteiger partial charge on any atom is -0.497 e. The lowest BCUT2D eigenvalue weighted by Gasteiger charge is -2.30. The van der Waals surface area contributed by atoms with E-state index < -0.39 is 0 Å². The number of hydrogen-bond acceptors (Lipinski definition) is 6. The highest BCUT2D eigenvalue weighted by Crippen LogP contribution is 2.28. The number of ether oxygens (including phenoxy) is 1. The molecule has 1 aliphatic heterocycles. The number of aromatic nitrogens is 2. The summed E-state index contributed by atoms with van der Waals surface area (Å²) in [6, 6.07) is 29.1. The van der Waals surface area contributed by atoms with E-state index in [1.165, 1.54) is 22.7 Å². The van der Waals surface area contributed by atoms with Crippen LogP contribution in [0, 0.1) is 5.92 Å². The smallest absolute Gasteiger partial charge is 0.223 e. The number of nitrogens with zero attached hydrogens (tertiary/aromatic N) is 3. The molecule has 1 fully saturated rings. The van der Waals surface area contributed by atoms with E-state index >= 15 is 0 Å². The molecule has 0 saturated carbocycles. The lowest BCUT2D eigenvalue weighted by molar-refractivity contribution is -0.125. The highest BCUT2D eigenvalue weighted by Gasteiger charge is 2.27. The molecule has 5 rings (SSSR count). The fourth-order valence-electron chi connectivity index (χ4n) is 5.12. The quantitative estimate of drug-likeness (QED) is 0.287. The Morgan fingerprint density at radius 3 is 2.34 bits per heavy atom. The van der Waals surface area contributed by atoms with Gasteiger partial charge in [0.15, 0.2) is 0 Å². The Balaban J connectivity index is 1.10. The molecule has 7 heteroatoms. The first kappa shape index (κ1) is 25.9. The largest absolute Gasteiger partial charge is 0.497 e. The lowest BCUT2D eigenvalue weighted by atomic mass is 9.88. The van der Waals surface area contributed by atoms with E-state index in [2.05, 4.69) is 69.2 Å². The maximum atomic E-state index is 13.0. The van der Waals surface area contributed by atoms with Gasteiger partial charge in [-0.15, -0.1) is 0 Å². The van der Waals surface area contributed by atoms with Crippen LogP contribution < -0.4 is 15.0 Å². The summed E-state index contributed by atoms with van der Waals surface area (Å²) in [6.45, 7) is 2.31. The lowest BCUT2D eigenvalue weighted by Crippen LogP contribution is -2.41. The van der Waals surface area contributed by atoms with Gasteiger partial charge >= 0.3 is 0 Å². The van der Waals surface area contributed by atoms with Crippen molar-refractivity contribution >= 4 is 22.6 Å². The molecule has 0 unspecified atom stereocenters.